The Morgan fingerprint density at radius 3 is 2.50 bits per heavy atom. The van der Waals surface area contributed by atoms with E-state index in [2.05, 4.69) is 17.3 Å². The number of anilines is 2. The van der Waals surface area contributed by atoms with E-state index in [0.717, 1.165) is 35.6 Å². The van der Waals surface area contributed by atoms with Gasteiger partial charge in [-0.15, -0.1) is 0 Å². The van der Waals surface area contributed by atoms with Gasteiger partial charge in [0.05, 0.1) is 18.3 Å². The number of methoxy groups -OCH3 is 1. The Morgan fingerprint density at radius 2 is 1.83 bits per heavy atom. The van der Waals surface area contributed by atoms with Gasteiger partial charge in [-0.1, -0.05) is 25.1 Å². The van der Waals surface area contributed by atoms with Gasteiger partial charge in [0.1, 0.15) is 11.6 Å². The number of piperidine rings is 1. The lowest BCUT2D eigenvalue weighted by Gasteiger charge is -2.34. The minimum Gasteiger partial charge on any atom is -0.496 e. The van der Waals surface area contributed by atoms with E-state index < -0.39 is 5.60 Å². The summed E-state index contributed by atoms with van der Waals surface area (Å²) in [5, 5.41) is 14.2. The third-order valence-electron chi connectivity index (χ3n) is 6.78. The number of ether oxygens (including phenoxy) is 1. The molecule has 36 heavy (non-hydrogen) atoms. The van der Waals surface area contributed by atoms with Crippen molar-refractivity contribution in [1.29, 1.82) is 0 Å². The number of hydrogen-bond donors (Lipinski definition) is 2. The Kier molecular flexibility index (Phi) is 7.87. The van der Waals surface area contributed by atoms with Gasteiger partial charge in [0, 0.05) is 30.0 Å². The molecule has 1 aliphatic rings. The zero-order valence-corrected chi connectivity index (χ0v) is 21.1. The van der Waals surface area contributed by atoms with Crippen molar-refractivity contribution in [3.63, 3.8) is 0 Å². The molecule has 0 aromatic heterocycles. The number of likely N-dealkylation sites (tertiary alicyclic amines) is 1. The normalized spacial score (nSPS) is 15.7. The van der Waals surface area contributed by atoms with Crippen LogP contribution in [-0.4, -0.2) is 48.6 Å². The summed E-state index contributed by atoms with van der Waals surface area (Å²) in [6, 6.07) is 17.3. The van der Waals surface area contributed by atoms with Crippen LogP contribution < -0.4 is 10.1 Å². The van der Waals surface area contributed by atoms with Gasteiger partial charge in [-0.3, -0.25) is 4.79 Å². The minimum absolute atomic E-state index is 0.150. The second kappa shape index (κ2) is 11.1. The number of benzene rings is 3. The van der Waals surface area contributed by atoms with Crippen molar-refractivity contribution in [3.05, 3.63) is 94.8 Å². The van der Waals surface area contributed by atoms with Gasteiger partial charge in [-0.25, -0.2) is 4.39 Å². The summed E-state index contributed by atoms with van der Waals surface area (Å²) in [5.41, 5.74) is 3.52. The molecule has 3 aromatic rings. The van der Waals surface area contributed by atoms with Gasteiger partial charge in [0.15, 0.2) is 5.78 Å². The fourth-order valence-electron chi connectivity index (χ4n) is 4.42. The van der Waals surface area contributed by atoms with Gasteiger partial charge in [-0.2, -0.15) is 0 Å². The topological polar surface area (TPSA) is 61.8 Å². The maximum absolute atomic E-state index is 13.5. The molecule has 188 valence electrons. The lowest BCUT2D eigenvalue weighted by atomic mass is 9.90. The minimum atomic E-state index is -0.832. The standard InChI is InChI=1S/C30H33FN2O3/c1-4-22-20-24(31)8-11-27(22)32-25-9-6-23(7-10-25)29(34)26-19-21(5-12-28(26)36-3)13-14-30(35)15-17-33(2)18-16-30/h5-14,19-20,32,35H,4,15-18H2,1-3H3/b14-13+. The molecule has 0 saturated carbocycles. The molecule has 1 heterocycles. The largest absolute Gasteiger partial charge is 0.496 e. The number of nitrogens with zero attached hydrogens (tertiary/aromatic N) is 1. The third-order valence-corrected chi connectivity index (χ3v) is 6.78. The van der Waals surface area contributed by atoms with Gasteiger partial charge in [0.2, 0.25) is 0 Å². The van der Waals surface area contributed by atoms with E-state index in [1.165, 1.54) is 12.1 Å². The SMILES string of the molecule is CCc1cc(F)ccc1Nc1ccc(C(=O)c2cc(/C=C/C3(O)CCN(C)CC3)ccc2OC)cc1. The van der Waals surface area contributed by atoms with Crippen LogP contribution in [0.1, 0.15) is 46.8 Å². The smallest absolute Gasteiger partial charge is 0.196 e. The van der Waals surface area contributed by atoms with Crippen molar-refractivity contribution in [3.8, 4) is 5.75 Å². The first-order chi connectivity index (χ1) is 17.3. The number of carbonyl (C=O) groups is 1. The highest BCUT2D eigenvalue weighted by Crippen LogP contribution is 2.28. The number of aryl methyl sites for hydroxylation is 1. The Balaban J connectivity index is 1.52. The van der Waals surface area contributed by atoms with Crippen LogP contribution >= 0.6 is 0 Å². The molecule has 0 unspecified atom stereocenters. The zero-order valence-electron chi connectivity index (χ0n) is 21.1. The molecule has 1 saturated heterocycles. The van der Waals surface area contributed by atoms with Crippen molar-refractivity contribution in [2.45, 2.75) is 31.8 Å². The average molecular weight is 489 g/mol. The Hall–Kier alpha value is -3.48. The maximum atomic E-state index is 13.5. The van der Waals surface area contributed by atoms with Crippen LogP contribution in [0, 0.1) is 5.82 Å². The first-order valence-corrected chi connectivity index (χ1v) is 12.3. The Bertz CT molecular complexity index is 1250. The summed E-state index contributed by atoms with van der Waals surface area (Å²) in [6.45, 7) is 3.67. The lowest BCUT2D eigenvalue weighted by Crippen LogP contribution is -2.41. The number of rotatable bonds is 8. The number of nitrogens with one attached hydrogen (secondary N) is 1. The van der Waals surface area contributed by atoms with Crippen LogP contribution in [0.25, 0.3) is 6.08 Å². The number of halogens is 1. The van der Waals surface area contributed by atoms with E-state index in [-0.39, 0.29) is 11.6 Å². The highest BCUT2D eigenvalue weighted by atomic mass is 19.1. The van der Waals surface area contributed by atoms with Crippen molar-refractivity contribution >= 4 is 23.2 Å². The number of carbonyl (C=O) groups excluding carboxylic acids is 1. The van der Waals surface area contributed by atoms with Gasteiger partial charge in [0.25, 0.3) is 0 Å². The van der Waals surface area contributed by atoms with Crippen LogP contribution in [0.2, 0.25) is 0 Å². The first-order valence-electron chi connectivity index (χ1n) is 12.3. The maximum Gasteiger partial charge on any atom is 0.196 e. The summed E-state index contributed by atoms with van der Waals surface area (Å²) in [7, 11) is 3.60. The van der Waals surface area contributed by atoms with Crippen LogP contribution in [-0.2, 0) is 6.42 Å². The Labute approximate surface area is 212 Å². The quantitative estimate of drug-likeness (QED) is 0.390. The molecule has 2 N–H and O–H groups in total. The molecule has 5 nitrogen and oxygen atoms in total. The summed E-state index contributed by atoms with van der Waals surface area (Å²) in [5.74, 6) is 0.0869. The van der Waals surface area contributed by atoms with Crippen molar-refractivity contribution in [2.75, 3.05) is 32.6 Å². The predicted molar refractivity (Wildman–Crippen MR) is 143 cm³/mol. The second-order valence-electron chi connectivity index (χ2n) is 9.39. The van der Waals surface area contributed by atoms with E-state index >= 15 is 0 Å². The van der Waals surface area contributed by atoms with E-state index in [4.69, 9.17) is 4.74 Å². The van der Waals surface area contributed by atoms with Crippen molar-refractivity contribution < 1.29 is 19.0 Å². The molecular weight excluding hydrogens is 455 g/mol. The van der Waals surface area contributed by atoms with Gasteiger partial charge >= 0.3 is 0 Å². The lowest BCUT2D eigenvalue weighted by molar-refractivity contribution is 0.0272. The van der Waals surface area contributed by atoms with E-state index in [1.54, 1.807) is 37.4 Å². The zero-order chi connectivity index (χ0) is 25.7. The molecule has 0 radical (unpaired) electrons. The summed E-state index contributed by atoms with van der Waals surface area (Å²) < 4.78 is 19.0. The monoisotopic (exact) mass is 488 g/mol. The highest BCUT2D eigenvalue weighted by Gasteiger charge is 2.28. The number of hydrogen-bond acceptors (Lipinski definition) is 5. The average Bonchev–Trinajstić information content (AvgIpc) is 2.90. The third kappa shape index (κ3) is 6.01. The Morgan fingerprint density at radius 1 is 1.11 bits per heavy atom. The molecule has 0 amide bonds. The number of ketones is 1. The second-order valence-corrected chi connectivity index (χ2v) is 9.39. The van der Waals surface area contributed by atoms with E-state index in [1.807, 2.05) is 37.3 Å². The molecule has 1 aliphatic heterocycles. The van der Waals surface area contributed by atoms with E-state index in [0.29, 0.717) is 36.1 Å². The summed E-state index contributed by atoms with van der Waals surface area (Å²) in [4.78, 5) is 15.6. The molecular formula is C30H33FN2O3. The fraction of sp³-hybridized carbons (Fsp3) is 0.300. The van der Waals surface area contributed by atoms with Gasteiger partial charge < -0.3 is 20.1 Å². The molecule has 3 aromatic carbocycles. The van der Waals surface area contributed by atoms with Gasteiger partial charge in [-0.05, 0) is 92.0 Å². The van der Waals surface area contributed by atoms with Crippen LogP contribution in [0.15, 0.2) is 66.7 Å². The van der Waals surface area contributed by atoms with Crippen LogP contribution in [0.5, 0.6) is 5.75 Å². The molecule has 0 spiro atoms. The molecule has 0 bridgehead atoms. The molecule has 0 atom stereocenters. The highest BCUT2D eigenvalue weighted by molar-refractivity contribution is 6.11. The summed E-state index contributed by atoms with van der Waals surface area (Å²) >= 11 is 0. The van der Waals surface area contributed by atoms with Crippen LogP contribution in [0.3, 0.4) is 0 Å². The molecule has 0 aliphatic carbocycles. The van der Waals surface area contributed by atoms with E-state index in [9.17, 15) is 14.3 Å². The number of aliphatic hydroxyl groups is 1. The molecule has 4 rings (SSSR count). The predicted octanol–water partition coefficient (Wildman–Crippen LogP) is 5.84. The van der Waals surface area contributed by atoms with Crippen molar-refractivity contribution in [2.24, 2.45) is 0 Å². The van der Waals surface area contributed by atoms with Crippen molar-refractivity contribution in [1.82, 2.24) is 4.90 Å². The molecule has 6 heteroatoms. The fourth-order valence-corrected chi connectivity index (χ4v) is 4.42. The van der Waals surface area contributed by atoms with Crippen LogP contribution in [0.4, 0.5) is 15.8 Å². The first kappa shape index (κ1) is 25.6. The summed E-state index contributed by atoms with van der Waals surface area (Å²) in [6.07, 6.45) is 5.79. The molecule has 1 fully saturated rings.